The summed E-state index contributed by atoms with van der Waals surface area (Å²) in [4.78, 5) is 12.0. The molecule has 0 aliphatic heterocycles. The van der Waals surface area contributed by atoms with E-state index in [0.717, 1.165) is 11.4 Å². The minimum absolute atomic E-state index is 0.819. The highest BCUT2D eigenvalue weighted by atomic mass is 14.8. The molecule has 0 fully saturated rings. The number of rotatable bonds is 1. The van der Waals surface area contributed by atoms with Gasteiger partial charge in [0, 0.05) is 12.4 Å². The van der Waals surface area contributed by atoms with Gasteiger partial charge in [-0.15, -0.1) is 0 Å². The van der Waals surface area contributed by atoms with Crippen LogP contribution in [0.5, 0.6) is 0 Å². The van der Waals surface area contributed by atoms with Gasteiger partial charge in [-0.2, -0.15) is 0 Å². The van der Waals surface area contributed by atoms with Crippen LogP contribution >= 0.6 is 0 Å². The SMILES string of the molecule is [c]1ccnc(-c2ccncn2)c1. The average molecular weight is 156 g/mol. The Morgan fingerprint density at radius 3 is 2.75 bits per heavy atom. The van der Waals surface area contributed by atoms with Crippen LogP contribution in [-0.4, -0.2) is 15.0 Å². The molecule has 0 amide bonds. The van der Waals surface area contributed by atoms with Gasteiger partial charge in [0.2, 0.25) is 0 Å². The fourth-order valence-electron chi connectivity index (χ4n) is 0.907. The maximum atomic E-state index is 4.13. The van der Waals surface area contributed by atoms with Gasteiger partial charge in [-0.05, 0) is 24.3 Å². The Morgan fingerprint density at radius 1 is 1.08 bits per heavy atom. The quantitative estimate of drug-likeness (QED) is 0.625. The van der Waals surface area contributed by atoms with Crippen molar-refractivity contribution in [2.24, 2.45) is 0 Å². The lowest BCUT2D eigenvalue weighted by molar-refractivity contribution is 1.15. The molecule has 0 saturated carbocycles. The van der Waals surface area contributed by atoms with Crippen molar-refractivity contribution >= 4 is 0 Å². The summed E-state index contributed by atoms with van der Waals surface area (Å²) in [5, 5.41) is 0. The normalized spacial score (nSPS) is 9.67. The first-order valence-electron chi connectivity index (χ1n) is 3.55. The van der Waals surface area contributed by atoms with Gasteiger partial charge in [0.05, 0.1) is 11.4 Å². The van der Waals surface area contributed by atoms with E-state index in [2.05, 4.69) is 21.0 Å². The van der Waals surface area contributed by atoms with Crippen LogP contribution in [0.1, 0.15) is 0 Å². The Labute approximate surface area is 70.1 Å². The molecule has 0 atom stereocenters. The molecule has 0 aliphatic rings. The summed E-state index contributed by atoms with van der Waals surface area (Å²) in [5.41, 5.74) is 1.64. The fraction of sp³-hybridized carbons (Fsp3) is 0. The molecular weight excluding hydrogens is 150 g/mol. The summed E-state index contributed by atoms with van der Waals surface area (Å²) in [5.74, 6) is 0. The third-order valence-electron chi connectivity index (χ3n) is 1.45. The molecule has 0 spiro atoms. The zero-order valence-corrected chi connectivity index (χ0v) is 6.31. The van der Waals surface area contributed by atoms with Crippen LogP contribution in [0.25, 0.3) is 11.4 Å². The van der Waals surface area contributed by atoms with Crippen molar-refractivity contribution in [1.82, 2.24) is 15.0 Å². The standard InChI is InChI=1S/C9H6N3/c1-2-5-11-8(3-1)9-4-6-10-7-12-9/h2-7H. The zero-order chi connectivity index (χ0) is 8.23. The topological polar surface area (TPSA) is 38.7 Å². The van der Waals surface area contributed by atoms with Crippen molar-refractivity contribution in [1.29, 1.82) is 0 Å². The van der Waals surface area contributed by atoms with Gasteiger partial charge in [0.1, 0.15) is 6.33 Å². The summed E-state index contributed by atoms with van der Waals surface area (Å²) in [6.07, 6.45) is 4.89. The first-order valence-corrected chi connectivity index (χ1v) is 3.55. The van der Waals surface area contributed by atoms with Gasteiger partial charge < -0.3 is 0 Å². The Kier molecular flexibility index (Phi) is 1.78. The number of pyridine rings is 1. The summed E-state index contributed by atoms with van der Waals surface area (Å²) >= 11 is 0. The Balaban J connectivity index is 2.46. The van der Waals surface area contributed by atoms with Crippen LogP contribution in [0, 0.1) is 6.07 Å². The monoisotopic (exact) mass is 156 g/mol. The summed E-state index contributed by atoms with van der Waals surface area (Å²) in [6.45, 7) is 0. The maximum absolute atomic E-state index is 4.13. The summed E-state index contributed by atoms with van der Waals surface area (Å²) in [6, 6.07) is 8.30. The molecule has 2 heterocycles. The van der Waals surface area contributed by atoms with Crippen molar-refractivity contribution < 1.29 is 0 Å². The van der Waals surface area contributed by atoms with E-state index in [1.54, 1.807) is 24.5 Å². The van der Waals surface area contributed by atoms with Crippen molar-refractivity contribution in [2.75, 3.05) is 0 Å². The molecule has 0 aromatic carbocycles. The molecule has 0 aliphatic carbocycles. The lowest BCUT2D eigenvalue weighted by Crippen LogP contribution is -1.85. The fourth-order valence-corrected chi connectivity index (χ4v) is 0.907. The van der Waals surface area contributed by atoms with Gasteiger partial charge >= 0.3 is 0 Å². The predicted octanol–water partition coefficient (Wildman–Crippen LogP) is 1.34. The highest BCUT2D eigenvalue weighted by Gasteiger charge is 1.96. The van der Waals surface area contributed by atoms with Crippen molar-refractivity contribution in [3.8, 4) is 11.4 Å². The van der Waals surface area contributed by atoms with Crippen LogP contribution in [0.4, 0.5) is 0 Å². The molecule has 0 unspecified atom stereocenters. The van der Waals surface area contributed by atoms with Crippen LogP contribution in [0.3, 0.4) is 0 Å². The van der Waals surface area contributed by atoms with E-state index in [4.69, 9.17) is 0 Å². The van der Waals surface area contributed by atoms with Crippen LogP contribution < -0.4 is 0 Å². The Morgan fingerprint density at radius 2 is 2.08 bits per heavy atom. The molecule has 2 rings (SSSR count). The lowest BCUT2D eigenvalue weighted by Gasteiger charge is -1.95. The van der Waals surface area contributed by atoms with E-state index >= 15 is 0 Å². The Hall–Kier alpha value is -1.77. The van der Waals surface area contributed by atoms with Crippen LogP contribution in [-0.2, 0) is 0 Å². The second-order valence-electron chi connectivity index (χ2n) is 2.24. The molecule has 2 aromatic heterocycles. The van der Waals surface area contributed by atoms with E-state index in [1.165, 1.54) is 6.33 Å². The third kappa shape index (κ3) is 1.29. The van der Waals surface area contributed by atoms with E-state index < -0.39 is 0 Å². The van der Waals surface area contributed by atoms with Crippen molar-refractivity contribution in [3.05, 3.63) is 43.0 Å². The summed E-state index contributed by atoms with van der Waals surface area (Å²) < 4.78 is 0. The molecule has 57 valence electrons. The highest BCUT2D eigenvalue weighted by Crippen LogP contribution is 2.09. The van der Waals surface area contributed by atoms with Crippen molar-refractivity contribution in [3.63, 3.8) is 0 Å². The molecule has 3 heteroatoms. The van der Waals surface area contributed by atoms with E-state index in [-0.39, 0.29) is 0 Å². The summed E-state index contributed by atoms with van der Waals surface area (Å²) in [7, 11) is 0. The molecule has 12 heavy (non-hydrogen) atoms. The molecule has 0 bridgehead atoms. The largest absolute Gasteiger partial charge is 0.255 e. The van der Waals surface area contributed by atoms with Crippen molar-refractivity contribution in [2.45, 2.75) is 0 Å². The zero-order valence-electron chi connectivity index (χ0n) is 6.31. The first-order chi connectivity index (χ1) is 5.97. The van der Waals surface area contributed by atoms with Gasteiger partial charge in [-0.1, -0.05) is 0 Å². The molecule has 0 N–H and O–H groups in total. The number of aromatic nitrogens is 3. The van der Waals surface area contributed by atoms with E-state index in [9.17, 15) is 0 Å². The number of hydrogen-bond acceptors (Lipinski definition) is 3. The smallest absolute Gasteiger partial charge is 0.116 e. The maximum Gasteiger partial charge on any atom is 0.116 e. The molecule has 0 saturated heterocycles. The van der Waals surface area contributed by atoms with Gasteiger partial charge in [0.25, 0.3) is 0 Å². The second-order valence-corrected chi connectivity index (χ2v) is 2.24. The van der Waals surface area contributed by atoms with Gasteiger partial charge in [0.15, 0.2) is 0 Å². The highest BCUT2D eigenvalue weighted by molar-refractivity contribution is 5.51. The molecular formula is C9H6N3. The van der Waals surface area contributed by atoms with E-state index in [0.29, 0.717) is 0 Å². The predicted molar refractivity (Wildman–Crippen MR) is 44.1 cm³/mol. The van der Waals surface area contributed by atoms with Crippen LogP contribution in [0.15, 0.2) is 36.9 Å². The average Bonchev–Trinajstić information content (AvgIpc) is 2.21. The molecule has 2 aromatic rings. The van der Waals surface area contributed by atoms with Gasteiger partial charge in [-0.25, -0.2) is 9.97 Å². The Bertz CT molecular complexity index is 307. The molecule has 1 radical (unpaired) electrons. The second kappa shape index (κ2) is 3.09. The van der Waals surface area contributed by atoms with Gasteiger partial charge in [-0.3, -0.25) is 4.98 Å². The third-order valence-corrected chi connectivity index (χ3v) is 1.45. The lowest BCUT2D eigenvalue weighted by atomic mass is 10.3. The van der Waals surface area contributed by atoms with Crippen LogP contribution in [0.2, 0.25) is 0 Å². The number of hydrogen-bond donors (Lipinski definition) is 0. The molecule has 3 nitrogen and oxygen atoms in total. The first kappa shape index (κ1) is 6.91. The van der Waals surface area contributed by atoms with E-state index in [1.807, 2.05) is 6.07 Å². The minimum Gasteiger partial charge on any atom is -0.255 e. The minimum atomic E-state index is 0.819. The number of nitrogens with zero attached hydrogens (tertiary/aromatic N) is 3.